The lowest BCUT2D eigenvalue weighted by molar-refractivity contribution is -0.132. The summed E-state index contributed by atoms with van der Waals surface area (Å²) in [7, 11) is 0. The Hall–Kier alpha value is -1.18. The zero-order valence-corrected chi connectivity index (χ0v) is 17.1. The van der Waals surface area contributed by atoms with Gasteiger partial charge in [0.15, 0.2) is 5.78 Å². The van der Waals surface area contributed by atoms with Crippen molar-refractivity contribution in [3.63, 3.8) is 0 Å². The summed E-state index contributed by atoms with van der Waals surface area (Å²) in [5.74, 6) is -1.04. The minimum Gasteiger partial charge on any atom is -0.344 e. The Balaban J connectivity index is 5.06. The number of amides is 2. The number of carbonyl (C=O) groups excluding carboxylic acids is 3. The molecule has 26 heavy (non-hydrogen) atoms. The van der Waals surface area contributed by atoms with Gasteiger partial charge < -0.3 is 22.1 Å². The van der Waals surface area contributed by atoms with Gasteiger partial charge in [-0.3, -0.25) is 14.4 Å². The van der Waals surface area contributed by atoms with Crippen molar-refractivity contribution >= 4 is 29.2 Å². The largest absolute Gasteiger partial charge is 0.344 e. The normalized spacial score (nSPS) is 14.8. The van der Waals surface area contributed by atoms with Gasteiger partial charge in [0.05, 0.1) is 18.0 Å². The number of nitrogens with one attached hydrogen (secondary N) is 2. The van der Waals surface area contributed by atoms with Crippen LogP contribution in [-0.2, 0) is 14.4 Å². The molecule has 6 N–H and O–H groups in total. The smallest absolute Gasteiger partial charge is 0.243 e. The summed E-state index contributed by atoms with van der Waals surface area (Å²) in [6.45, 7) is 8.12. The average molecular weight is 391 g/mol. The minimum absolute atomic E-state index is 0.0420. The zero-order chi connectivity index (χ0) is 20.3. The molecule has 0 aromatic carbocycles. The fourth-order valence-corrected chi connectivity index (χ4v) is 2.63. The van der Waals surface area contributed by atoms with E-state index in [2.05, 4.69) is 10.6 Å². The molecule has 0 aromatic heterocycles. The van der Waals surface area contributed by atoms with Gasteiger partial charge in [-0.2, -0.15) is 0 Å². The lowest BCUT2D eigenvalue weighted by atomic mass is 9.99. The SMILES string of the molecule is CC(C)C[C@H](NC(=O)[C@H](N)C(C)C)C(=O)N[C@H](CCCCN)C(=O)CCl. The highest BCUT2D eigenvalue weighted by Gasteiger charge is 2.28. The average Bonchev–Trinajstić information content (AvgIpc) is 2.58. The predicted molar refractivity (Wildman–Crippen MR) is 105 cm³/mol. The summed E-state index contributed by atoms with van der Waals surface area (Å²) in [6.07, 6.45) is 2.40. The highest BCUT2D eigenvalue weighted by atomic mass is 35.5. The zero-order valence-electron chi connectivity index (χ0n) is 16.4. The molecular weight excluding hydrogens is 356 g/mol. The van der Waals surface area contributed by atoms with Gasteiger partial charge in [0.2, 0.25) is 11.8 Å². The first-order valence-electron chi connectivity index (χ1n) is 9.29. The highest BCUT2D eigenvalue weighted by Crippen LogP contribution is 2.09. The number of carbonyl (C=O) groups is 3. The van der Waals surface area contributed by atoms with Gasteiger partial charge in [0, 0.05) is 0 Å². The molecular formula is C18H35ClN4O3. The second-order valence-corrected chi connectivity index (χ2v) is 7.67. The van der Waals surface area contributed by atoms with Gasteiger partial charge in [-0.15, -0.1) is 11.6 Å². The van der Waals surface area contributed by atoms with E-state index in [0.29, 0.717) is 25.8 Å². The molecule has 152 valence electrons. The molecule has 0 aliphatic carbocycles. The van der Waals surface area contributed by atoms with Gasteiger partial charge in [0.25, 0.3) is 0 Å². The Morgan fingerprint density at radius 3 is 2.00 bits per heavy atom. The van der Waals surface area contributed by atoms with Gasteiger partial charge in [0.1, 0.15) is 6.04 Å². The quantitative estimate of drug-likeness (QED) is 0.274. The maximum absolute atomic E-state index is 12.7. The molecule has 0 rings (SSSR count). The summed E-state index contributed by atoms with van der Waals surface area (Å²) < 4.78 is 0. The molecule has 0 aliphatic heterocycles. The highest BCUT2D eigenvalue weighted by molar-refractivity contribution is 6.28. The van der Waals surface area contributed by atoms with E-state index < -0.39 is 18.1 Å². The number of hydrogen-bond donors (Lipinski definition) is 4. The molecule has 0 heterocycles. The van der Waals surface area contributed by atoms with Gasteiger partial charge >= 0.3 is 0 Å². The Bertz CT molecular complexity index is 458. The molecule has 0 saturated carbocycles. The fraction of sp³-hybridized carbons (Fsp3) is 0.833. The first-order valence-corrected chi connectivity index (χ1v) is 9.82. The molecule has 3 atom stereocenters. The second kappa shape index (κ2) is 13.1. The topological polar surface area (TPSA) is 127 Å². The molecule has 0 spiro atoms. The van der Waals surface area contributed by atoms with Crippen LogP contribution in [0.4, 0.5) is 0 Å². The van der Waals surface area contributed by atoms with Crippen LogP contribution in [0.15, 0.2) is 0 Å². The summed E-state index contributed by atoms with van der Waals surface area (Å²) in [6, 6.07) is -2.10. The molecule has 2 amide bonds. The molecule has 0 radical (unpaired) electrons. The summed E-state index contributed by atoms with van der Waals surface area (Å²) in [5, 5.41) is 5.45. The number of hydrogen-bond acceptors (Lipinski definition) is 5. The van der Waals surface area contributed by atoms with Gasteiger partial charge in [-0.25, -0.2) is 0 Å². The second-order valence-electron chi connectivity index (χ2n) is 7.41. The van der Waals surface area contributed by atoms with Crippen LogP contribution in [0.3, 0.4) is 0 Å². The third kappa shape index (κ3) is 9.50. The number of rotatable bonds is 13. The molecule has 0 unspecified atom stereocenters. The summed E-state index contributed by atoms with van der Waals surface area (Å²) in [4.78, 5) is 37.0. The van der Waals surface area contributed by atoms with Crippen LogP contribution in [0, 0.1) is 11.8 Å². The van der Waals surface area contributed by atoms with Crippen LogP contribution in [0.25, 0.3) is 0 Å². The number of halogens is 1. The van der Waals surface area contributed by atoms with E-state index in [9.17, 15) is 14.4 Å². The number of unbranched alkanes of at least 4 members (excludes halogenated alkanes) is 1. The molecule has 0 bridgehead atoms. The van der Waals surface area contributed by atoms with E-state index in [1.54, 1.807) is 0 Å². The minimum atomic E-state index is -0.743. The fourth-order valence-electron chi connectivity index (χ4n) is 2.45. The maximum Gasteiger partial charge on any atom is 0.243 e. The summed E-state index contributed by atoms with van der Waals surface area (Å²) in [5.41, 5.74) is 11.3. The van der Waals surface area contributed by atoms with Crippen LogP contribution >= 0.6 is 11.6 Å². The molecule has 0 fully saturated rings. The van der Waals surface area contributed by atoms with E-state index in [0.717, 1.165) is 6.42 Å². The first-order chi connectivity index (χ1) is 12.1. The van der Waals surface area contributed by atoms with E-state index in [4.69, 9.17) is 23.1 Å². The van der Waals surface area contributed by atoms with Crippen molar-refractivity contribution in [2.75, 3.05) is 12.4 Å². The van der Waals surface area contributed by atoms with Crippen molar-refractivity contribution in [1.82, 2.24) is 10.6 Å². The lowest BCUT2D eigenvalue weighted by Gasteiger charge is -2.25. The Kier molecular flexibility index (Phi) is 12.5. The first kappa shape index (κ1) is 24.8. The maximum atomic E-state index is 12.7. The monoisotopic (exact) mass is 390 g/mol. The van der Waals surface area contributed by atoms with Crippen molar-refractivity contribution in [3.05, 3.63) is 0 Å². The number of nitrogens with two attached hydrogens (primary N) is 2. The number of alkyl halides is 1. The Morgan fingerprint density at radius 2 is 1.54 bits per heavy atom. The van der Waals surface area contributed by atoms with Crippen LogP contribution in [-0.4, -0.2) is 48.1 Å². The van der Waals surface area contributed by atoms with E-state index >= 15 is 0 Å². The van der Waals surface area contributed by atoms with Crippen molar-refractivity contribution in [3.8, 4) is 0 Å². The summed E-state index contributed by atoms with van der Waals surface area (Å²) >= 11 is 5.66. The third-order valence-electron chi connectivity index (χ3n) is 4.14. The van der Waals surface area contributed by atoms with Crippen molar-refractivity contribution in [1.29, 1.82) is 0 Å². The van der Waals surface area contributed by atoms with Crippen LogP contribution in [0.5, 0.6) is 0 Å². The number of Topliss-reactive ketones (excluding diaryl/α,β-unsaturated/α-hetero) is 1. The molecule has 0 saturated heterocycles. The van der Waals surface area contributed by atoms with Crippen LogP contribution in [0.1, 0.15) is 53.4 Å². The molecule has 0 aromatic rings. The van der Waals surface area contributed by atoms with Crippen molar-refractivity contribution in [2.45, 2.75) is 71.5 Å². The third-order valence-corrected chi connectivity index (χ3v) is 4.41. The van der Waals surface area contributed by atoms with Crippen molar-refractivity contribution < 1.29 is 14.4 Å². The Labute approximate surface area is 162 Å². The predicted octanol–water partition coefficient (Wildman–Crippen LogP) is 0.922. The molecule has 0 aliphatic rings. The standard InChI is InChI=1S/C18H35ClN4O3/c1-11(2)9-14(23-18(26)16(21)12(3)4)17(25)22-13(15(24)10-19)7-5-6-8-20/h11-14,16H,5-10,20-21H2,1-4H3,(H,22,25)(H,23,26)/t13-,14+,16-/m1/s1. The van der Waals surface area contributed by atoms with E-state index in [1.165, 1.54) is 0 Å². The Morgan fingerprint density at radius 1 is 0.962 bits per heavy atom. The molecule has 8 heteroatoms. The van der Waals surface area contributed by atoms with Gasteiger partial charge in [-0.1, -0.05) is 27.7 Å². The van der Waals surface area contributed by atoms with Gasteiger partial charge in [-0.05, 0) is 44.1 Å². The van der Waals surface area contributed by atoms with Crippen LogP contribution in [0.2, 0.25) is 0 Å². The van der Waals surface area contributed by atoms with Crippen molar-refractivity contribution in [2.24, 2.45) is 23.3 Å². The van der Waals surface area contributed by atoms with E-state index in [-0.39, 0.29) is 35.3 Å². The number of ketones is 1. The van der Waals surface area contributed by atoms with E-state index in [1.807, 2.05) is 27.7 Å². The lowest BCUT2D eigenvalue weighted by Crippen LogP contribution is -2.55. The molecule has 7 nitrogen and oxygen atoms in total. The van der Waals surface area contributed by atoms with Crippen LogP contribution < -0.4 is 22.1 Å².